The zero-order valence-corrected chi connectivity index (χ0v) is 21.1. The molecule has 0 radical (unpaired) electrons. The summed E-state index contributed by atoms with van der Waals surface area (Å²) in [6.45, 7) is 0.826. The Hall–Kier alpha value is -3.91. The maximum Gasteiger partial charge on any atom is 0.309 e. The van der Waals surface area contributed by atoms with Crippen LogP contribution < -0.4 is 23.7 Å². The van der Waals surface area contributed by atoms with Gasteiger partial charge in [-0.15, -0.1) is 0 Å². The molecule has 0 unspecified atom stereocenters. The highest BCUT2D eigenvalue weighted by Gasteiger charge is 2.43. The normalized spacial score (nSPS) is 18.8. The number of carbonyl (C=O) groups is 1. The lowest BCUT2D eigenvalue weighted by Gasteiger charge is -2.27. The van der Waals surface area contributed by atoms with Crippen LogP contribution in [-0.2, 0) is 27.3 Å². The van der Waals surface area contributed by atoms with Gasteiger partial charge in [0.2, 0.25) is 12.5 Å². The number of hydrogen-bond acceptors (Lipinski definition) is 8. The average molecular weight is 507 g/mol. The fraction of sp³-hybridized carbons (Fsp3) is 0.345. The molecule has 2 aliphatic rings. The van der Waals surface area contributed by atoms with Gasteiger partial charge in [-0.3, -0.25) is 4.79 Å². The number of hydrogen-bond donors (Lipinski definition) is 0. The Labute approximate surface area is 216 Å². The van der Waals surface area contributed by atoms with Crippen molar-refractivity contribution in [1.29, 1.82) is 0 Å². The molecule has 0 saturated carbocycles. The lowest BCUT2D eigenvalue weighted by atomic mass is 9.82. The third-order valence-corrected chi connectivity index (χ3v) is 6.80. The summed E-state index contributed by atoms with van der Waals surface area (Å²) in [5, 5.41) is 0. The van der Waals surface area contributed by atoms with Gasteiger partial charge in [0.05, 0.1) is 46.6 Å². The van der Waals surface area contributed by atoms with E-state index in [0.717, 1.165) is 16.7 Å². The largest absolute Gasteiger partial charge is 0.493 e. The van der Waals surface area contributed by atoms with E-state index >= 15 is 0 Å². The van der Waals surface area contributed by atoms with Crippen molar-refractivity contribution in [2.45, 2.75) is 19.1 Å². The molecule has 5 rings (SSSR count). The van der Waals surface area contributed by atoms with Gasteiger partial charge in [-0.05, 0) is 47.4 Å². The van der Waals surface area contributed by atoms with Crippen LogP contribution in [0.5, 0.6) is 28.7 Å². The molecular formula is C29H30O8. The van der Waals surface area contributed by atoms with Gasteiger partial charge in [-0.2, -0.15) is 0 Å². The fourth-order valence-corrected chi connectivity index (χ4v) is 4.93. The van der Waals surface area contributed by atoms with E-state index in [1.807, 2.05) is 60.7 Å². The van der Waals surface area contributed by atoms with Crippen molar-refractivity contribution < 1.29 is 38.0 Å². The molecule has 1 fully saturated rings. The molecule has 8 heteroatoms. The molecule has 1 saturated heterocycles. The van der Waals surface area contributed by atoms with E-state index in [-0.39, 0.29) is 25.3 Å². The molecule has 0 spiro atoms. The molecule has 0 bridgehead atoms. The van der Waals surface area contributed by atoms with E-state index in [2.05, 4.69) is 0 Å². The molecule has 2 heterocycles. The Balaban J connectivity index is 1.46. The van der Waals surface area contributed by atoms with E-state index in [0.29, 0.717) is 41.8 Å². The second-order valence-corrected chi connectivity index (χ2v) is 8.97. The van der Waals surface area contributed by atoms with Crippen LogP contribution in [0.2, 0.25) is 0 Å². The van der Waals surface area contributed by atoms with Crippen LogP contribution in [0.15, 0.2) is 60.7 Å². The van der Waals surface area contributed by atoms with Gasteiger partial charge in [0.1, 0.15) is 0 Å². The summed E-state index contributed by atoms with van der Waals surface area (Å²) in [4.78, 5) is 13.0. The Morgan fingerprint density at radius 1 is 0.838 bits per heavy atom. The number of esters is 1. The third kappa shape index (κ3) is 5.15. The zero-order chi connectivity index (χ0) is 25.8. The van der Waals surface area contributed by atoms with Crippen LogP contribution in [0.3, 0.4) is 0 Å². The van der Waals surface area contributed by atoms with Crippen molar-refractivity contribution in [2.75, 3.05) is 34.7 Å². The van der Waals surface area contributed by atoms with Gasteiger partial charge in [0, 0.05) is 5.92 Å². The van der Waals surface area contributed by atoms with Crippen LogP contribution in [0.25, 0.3) is 0 Å². The monoisotopic (exact) mass is 506 g/mol. The molecule has 0 N–H and O–H groups in total. The van der Waals surface area contributed by atoms with Crippen molar-refractivity contribution in [3.05, 3.63) is 77.4 Å². The van der Waals surface area contributed by atoms with Gasteiger partial charge >= 0.3 is 5.97 Å². The van der Waals surface area contributed by atoms with Crippen molar-refractivity contribution >= 4 is 5.97 Å². The fourth-order valence-electron chi connectivity index (χ4n) is 4.93. The number of methoxy groups -OCH3 is 3. The number of ether oxygens (including phenoxy) is 7. The minimum atomic E-state index is -0.436. The van der Waals surface area contributed by atoms with Crippen LogP contribution in [0.1, 0.15) is 22.8 Å². The Kier molecular flexibility index (Phi) is 7.37. The molecule has 3 aromatic rings. The van der Waals surface area contributed by atoms with Crippen LogP contribution in [0.4, 0.5) is 0 Å². The van der Waals surface area contributed by atoms with Crippen LogP contribution in [0, 0.1) is 11.8 Å². The van der Waals surface area contributed by atoms with E-state index < -0.39 is 12.0 Å². The maximum absolute atomic E-state index is 13.0. The maximum atomic E-state index is 13.0. The number of rotatable bonds is 10. The Morgan fingerprint density at radius 2 is 1.57 bits per heavy atom. The molecule has 3 atom stereocenters. The highest BCUT2D eigenvalue weighted by atomic mass is 16.7. The summed E-state index contributed by atoms with van der Waals surface area (Å²) in [5.74, 6) is 2.01. The number of fused-ring (bicyclic) bond motifs is 1. The number of benzene rings is 3. The van der Waals surface area contributed by atoms with Crippen molar-refractivity contribution in [3.63, 3.8) is 0 Å². The summed E-state index contributed by atoms with van der Waals surface area (Å²) in [5.41, 5.74) is 2.81. The van der Waals surface area contributed by atoms with Gasteiger partial charge in [-0.25, -0.2) is 0 Å². The summed E-state index contributed by atoms with van der Waals surface area (Å²) in [6.07, 6.45) is 0.0175. The second kappa shape index (κ2) is 11.0. The zero-order valence-electron chi connectivity index (χ0n) is 21.1. The second-order valence-electron chi connectivity index (χ2n) is 8.97. The highest BCUT2D eigenvalue weighted by Crippen LogP contribution is 2.44. The van der Waals surface area contributed by atoms with Gasteiger partial charge in [0.25, 0.3) is 0 Å². The first-order valence-electron chi connectivity index (χ1n) is 12.1. The Bertz CT molecular complexity index is 1220. The minimum Gasteiger partial charge on any atom is -0.493 e. The molecule has 194 valence electrons. The quantitative estimate of drug-likeness (QED) is 0.365. The molecule has 0 aliphatic carbocycles. The first kappa shape index (κ1) is 24.8. The highest BCUT2D eigenvalue weighted by molar-refractivity contribution is 5.75. The minimum absolute atomic E-state index is 0.184. The summed E-state index contributed by atoms with van der Waals surface area (Å²) >= 11 is 0. The van der Waals surface area contributed by atoms with Crippen molar-refractivity contribution in [1.82, 2.24) is 0 Å². The molecule has 37 heavy (non-hydrogen) atoms. The lowest BCUT2D eigenvalue weighted by Crippen LogP contribution is -2.26. The van der Waals surface area contributed by atoms with Gasteiger partial charge in [0.15, 0.2) is 23.0 Å². The molecule has 0 amide bonds. The molecular weight excluding hydrogens is 476 g/mol. The van der Waals surface area contributed by atoms with E-state index in [1.54, 1.807) is 21.3 Å². The first-order chi connectivity index (χ1) is 18.1. The molecule has 2 aliphatic heterocycles. The Morgan fingerprint density at radius 3 is 2.27 bits per heavy atom. The smallest absolute Gasteiger partial charge is 0.309 e. The molecule has 0 aromatic heterocycles. The number of carbonyl (C=O) groups excluding carboxylic acids is 1. The standard InChI is InChI=1S/C29H30O8/c1-31-25-12-19(13-26(32-2)28(25)33-3)11-21-22(16-35-29(21)30)27(34-15-18-7-5-4-6-8-18)20-9-10-23-24(14-20)37-17-36-23/h4-10,12-14,21-22,27H,11,15-17H2,1-3H3/t21-,22+,27+/m1/s1. The van der Waals surface area contributed by atoms with Crippen LogP contribution in [-0.4, -0.2) is 40.7 Å². The average Bonchev–Trinajstić information content (AvgIpc) is 3.55. The summed E-state index contributed by atoms with van der Waals surface area (Å²) in [6, 6.07) is 19.4. The summed E-state index contributed by atoms with van der Waals surface area (Å²) < 4.78 is 39.7. The first-order valence-corrected chi connectivity index (χ1v) is 12.1. The molecule has 3 aromatic carbocycles. The van der Waals surface area contributed by atoms with E-state index in [4.69, 9.17) is 33.2 Å². The van der Waals surface area contributed by atoms with Crippen molar-refractivity contribution in [3.8, 4) is 28.7 Å². The van der Waals surface area contributed by atoms with Crippen molar-refractivity contribution in [2.24, 2.45) is 11.8 Å². The number of cyclic esters (lactones) is 1. The lowest BCUT2D eigenvalue weighted by molar-refractivity contribution is -0.141. The van der Waals surface area contributed by atoms with E-state index in [1.165, 1.54) is 0 Å². The predicted octanol–water partition coefficient (Wildman–Crippen LogP) is 4.73. The van der Waals surface area contributed by atoms with Gasteiger partial charge < -0.3 is 33.2 Å². The van der Waals surface area contributed by atoms with E-state index in [9.17, 15) is 4.79 Å². The predicted molar refractivity (Wildman–Crippen MR) is 134 cm³/mol. The summed E-state index contributed by atoms with van der Waals surface area (Å²) in [7, 11) is 4.70. The molecule has 8 nitrogen and oxygen atoms in total. The van der Waals surface area contributed by atoms with Gasteiger partial charge in [-0.1, -0.05) is 36.4 Å². The third-order valence-electron chi connectivity index (χ3n) is 6.80. The topological polar surface area (TPSA) is 81.7 Å². The van der Waals surface area contributed by atoms with Crippen LogP contribution >= 0.6 is 0 Å². The SMILES string of the molecule is COc1cc(C[C@H]2C(=O)OC[C@@H]2[C@@H](OCc2ccccc2)c2ccc3c(c2)OCO3)cc(OC)c1OC.